The molecular weight excluding hydrogens is 216 g/mol. The number of rotatable bonds is 8. The second-order valence-electron chi connectivity index (χ2n) is 5.07. The quantitative estimate of drug-likeness (QED) is 0.659. The fraction of sp³-hybridized carbons (Fsp3) is 0.923. The number of carbonyl (C=O) groups excluding carboxylic acids is 1. The molecule has 0 aromatic carbocycles. The Balaban J connectivity index is 4.43. The van der Waals surface area contributed by atoms with E-state index in [9.17, 15) is 4.79 Å². The summed E-state index contributed by atoms with van der Waals surface area (Å²) in [5.74, 6) is -0.178. The molecule has 0 fully saturated rings. The normalized spacial score (nSPS) is 15.1. The van der Waals surface area contributed by atoms with Crippen molar-refractivity contribution in [2.75, 3.05) is 27.2 Å². The van der Waals surface area contributed by atoms with Crippen molar-refractivity contribution in [2.24, 2.45) is 0 Å². The topological polar surface area (TPSA) is 41.6 Å². The minimum atomic E-state index is -0.575. The number of esters is 1. The first-order chi connectivity index (χ1) is 7.87. The SMILES string of the molecule is CCCNC(C)(CCN(C)C(C)C)C(=O)OC. The number of nitrogens with zero attached hydrogens (tertiary/aromatic N) is 1. The molecule has 4 heteroatoms. The first-order valence-corrected chi connectivity index (χ1v) is 6.41. The maximum absolute atomic E-state index is 11.8. The lowest BCUT2D eigenvalue weighted by Gasteiger charge is -2.31. The van der Waals surface area contributed by atoms with E-state index in [1.54, 1.807) is 0 Å². The van der Waals surface area contributed by atoms with Gasteiger partial charge in [0.2, 0.25) is 0 Å². The van der Waals surface area contributed by atoms with Gasteiger partial charge in [-0.1, -0.05) is 6.92 Å². The summed E-state index contributed by atoms with van der Waals surface area (Å²) in [6.07, 6.45) is 1.76. The summed E-state index contributed by atoms with van der Waals surface area (Å²) in [4.78, 5) is 14.0. The highest BCUT2D eigenvalue weighted by Crippen LogP contribution is 2.13. The average Bonchev–Trinajstić information content (AvgIpc) is 2.32. The van der Waals surface area contributed by atoms with Crippen LogP contribution in [0.2, 0.25) is 0 Å². The van der Waals surface area contributed by atoms with Crippen molar-refractivity contribution in [3.05, 3.63) is 0 Å². The van der Waals surface area contributed by atoms with E-state index in [1.165, 1.54) is 7.11 Å². The molecule has 1 atom stereocenters. The average molecular weight is 244 g/mol. The molecule has 0 aliphatic carbocycles. The van der Waals surface area contributed by atoms with Gasteiger partial charge in [0.15, 0.2) is 0 Å². The van der Waals surface area contributed by atoms with Gasteiger partial charge in [0.05, 0.1) is 7.11 Å². The molecule has 0 bridgehead atoms. The molecule has 1 N–H and O–H groups in total. The van der Waals surface area contributed by atoms with Crippen molar-refractivity contribution < 1.29 is 9.53 Å². The summed E-state index contributed by atoms with van der Waals surface area (Å²) < 4.78 is 4.89. The van der Waals surface area contributed by atoms with Crippen LogP contribution in [0.4, 0.5) is 0 Å². The zero-order valence-corrected chi connectivity index (χ0v) is 12.2. The molecule has 0 aromatic heterocycles. The Morgan fingerprint density at radius 3 is 2.47 bits per heavy atom. The Morgan fingerprint density at radius 2 is 2.06 bits per heavy atom. The van der Waals surface area contributed by atoms with Gasteiger partial charge in [-0.05, 0) is 47.2 Å². The van der Waals surface area contributed by atoms with Crippen LogP contribution in [0.3, 0.4) is 0 Å². The third kappa shape index (κ3) is 5.50. The van der Waals surface area contributed by atoms with Crippen LogP contribution in [-0.2, 0) is 9.53 Å². The number of methoxy groups -OCH3 is 1. The van der Waals surface area contributed by atoms with Gasteiger partial charge >= 0.3 is 5.97 Å². The van der Waals surface area contributed by atoms with Crippen molar-refractivity contribution in [2.45, 2.75) is 52.1 Å². The van der Waals surface area contributed by atoms with E-state index in [1.807, 2.05) is 6.92 Å². The van der Waals surface area contributed by atoms with Crippen LogP contribution >= 0.6 is 0 Å². The van der Waals surface area contributed by atoms with Gasteiger partial charge in [-0.25, -0.2) is 0 Å². The van der Waals surface area contributed by atoms with Gasteiger partial charge in [0.25, 0.3) is 0 Å². The summed E-state index contributed by atoms with van der Waals surface area (Å²) in [5.41, 5.74) is -0.575. The van der Waals surface area contributed by atoms with Crippen LogP contribution in [0, 0.1) is 0 Å². The van der Waals surface area contributed by atoms with E-state index in [4.69, 9.17) is 4.74 Å². The van der Waals surface area contributed by atoms with E-state index < -0.39 is 5.54 Å². The highest BCUT2D eigenvalue weighted by molar-refractivity contribution is 5.80. The molecule has 0 rings (SSSR count). The summed E-state index contributed by atoms with van der Waals surface area (Å²) in [6.45, 7) is 10.0. The van der Waals surface area contributed by atoms with Gasteiger partial charge in [0, 0.05) is 12.6 Å². The monoisotopic (exact) mass is 244 g/mol. The fourth-order valence-corrected chi connectivity index (χ4v) is 1.55. The van der Waals surface area contributed by atoms with Crippen molar-refractivity contribution in [1.82, 2.24) is 10.2 Å². The first-order valence-electron chi connectivity index (χ1n) is 6.41. The fourth-order valence-electron chi connectivity index (χ4n) is 1.55. The molecule has 0 amide bonds. The van der Waals surface area contributed by atoms with Crippen LogP contribution in [0.25, 0.3) is 0 Å². The molecule has 0 radical (unpaired) electrons. The predicted octanol–water partition coefficient (Wildman–Crippen LogP) is 1.65. The predicted molar refractivity (Wildman–Crippen MR) is 71.1 cm³/mol. The second-order valence-corrected chi connectivity index (χ2v) is 5.07. The Bertz CT molecular complexity index is 231. The molecule has 0 aliphatic rings. The lowest BCUT2D eigenvalue weighted by Crippen LogP contribution is -2.52. The van der Waals surface area contributed by atoms with Crippen LogP contribution in [0.15, 0.2) is 0 Å². The Labute approximate surface area is 106 Å². The van der Waals surface area contributed by atoms with Gasteiger partial charge < -0.3 is 15.0 Å². The summed E-state index contributed by atoms with van der Waals surface area (Å²) in [7, 11) is 3.52. The van der Waals surface area contributed by atoms with E-state index in [-0.39, 0.29) is 5.97 Å². The van der Waals surface area contributed by atoms with E-state index in [2.05, 4.69) is 38.0 Å². The molecule has 0 spiro atoms. The van der Waals surface area contributed by atoms with Gasteiger partial charge in [-0.2, -0.15) is 0 Å². The Kier molecular flexibility index (Phi) is 7.39. The smallest absolute Gasteiger partial charge is 0.325 e. The number of nitrogens with one attached hydrogen (secondary N) is 1. The molecule has 1 unspecified atom stereocenters. The lowest BCUT2D eigenvalue weighted by atomic mass is 9.97. The van der Waals surface area contributed by atoms with Gasteiger partial charge in [0.1, 0.15) is 5.54 Å². The summed E-state index contributed by atoms with van der Waals surface area (Å²) in [6, 6.07) is 0.489. The van der Waals surface area contributed by atoms with Crippen molar-refractivity contribution in [3.8, 4) is 0 Å². The first kappa shape index (κ1) is 16.4. The molecule has 0 aromatic rings. The van der Waals surface area contributed by atoms with Gasteiger partial charge in [-0.3, -0.25) is 4.79 Å². The molecule has 0 saturated heterocycles. The number of ether oxygens (including phenoxy) is 1. The largest absolute Gasteiger partial charge is 0.468 e. The molecule has 0 aliphatic heterocycles. The van der Waals surface area contributed by atoms with Crippen molar-refractivity contribution >= 4 is 5.97 Å². The minimum absolute atomic E-state index is 0.178. The molecule has 102 valence electrons. The zero-order chi connectivity index (χ0) is 13.5. The molecular formula is C13H28N2O2. The summed E-state index contributed by atoms with van der Waals surface area (Å²) in [5, 5.41) is 3.29. The maximum atomic E-state index is 11.8. The van der Waals surface area contributed by atoms with E-state index in [0.29, 0.717) is 6.04 Å². The Morgan fingerprint density at radius 1 is 1.47 bits per heavy atom. The van der Waals surface area contributed by atoms with Crippen molar-refractivity contribution in [1.29, 1.82) is 0 Å². The van der Waals surface area contributed by atoms with Crippen LogP contribution in [0.1, 0.15) is 40.5 Å². The molecule has 0 heterocycles. The molecule has 4 nitrogen and oxygen atoms in total. The second kappa shape index (κ2) is 7.67. The summed E-state index contributed by atoms with van der Waals surface area (Å²) >= 11 is 0. The maximum Gasteiger partial charge on any atom is 0.325 e. The number of carbonyl (C=O) groups is 1. The number of hydrogen-bond donors (Lipinski definition) is 1. The standard InChI is InChI=1S/C13H28N2O2/c1-7-9-14-13(4,12(16)17-6)8-10-15(5)11(2)3/h11,14H,7-10H2,1-6H3. The van der Waals surface area contributed by atoms with Gasteiger partial charge in [-0.15, -0.1) is 0 Å². The van der Waals surface area contributed by atoms with Crippen LogP contribution in [-0.4, -0.2) is 49.7 Å². The minimum Gasteiger partial charge on any atom is -0.468 e. The molecule has 0 saturated carbocycles. The lowest BCUT2D eigenvalue weighted by molar-refractivity contribution is -0.148. The highest BCUT2D eigenvalue weighted by Gasteiger charge is 2.33. The Hall–Kier alpha value is -0.610. The van der Waals surface area contributed by atoms with E-state index in [0.717, 1.165) is 25.9 Å². The third-order valence-electron chi connectivity index (χ3n) is 3.25. The highest BCUT2D eigenvalue weighted by atomic mass is 16.5. The molecule has 17 heavy (non-hydrogen) atoms. The number of hydrogen-bond acceptors (Lipinski definition) is 4. The van der Waals surface area contributed by atoms with Crippen molar-refractivity contribution in [3.63, 3.8) is 0 Å². The zero-order valence-electron chi connectivity index (χ0n) is 12.2. The van der Waals surface area contributed by atoms with Crippen LogP contribution in [0.5, 0.6) is 0 Å². The van der Waals surface area contributed by atoms with Crippen LogP contribution < -0.4 is 5.32 Å². The van der Waals surface area contributed by atoms with E-state index >= 15 is 0 Å². The third-order valence-corrected chi connectivity index (χ3v) is 3.25.